The highest BCUT2D eigenvalue weighted by Gasteiger charge is 2.45. The number of aliphatic hydroxyl groups is 4. The minimum atomic E-state index is -1.48. The van der Waals surface area contributed by atoms with Crippen LogP contribution in [-0.4, -0.2) is 91.2 Å². The molecule has 4 heterocycles. The number of phenolic OH excluding ortho intramolecular Hbond substituents is 2. The van der Waals surface area contributed by atoms with E-state index >= 15 is 4.79 Å². The quantitative estimate of drug-likeness (QED) is 0.0576. The maximum Gasteiger partial charge on any atom is 0.163 e. The van der Waals surface area contributed by atoms with Crippen LogP contribution in [0, 0.1) is 29.6 Å². The Hall–Kier alpha value is -6.40. The molecule has 5 bridgehead atoms. The van der Waals surface area contributed by atoms with Crippen molar-refractivity contribution in [3.8, 4) is 29.1 Å². The van der Waals surface area contributed by atoms with Crippen molar-refractivity contribution >= 4 is 29.5 Å². The Kier molecular flexibility index (Phi) is 13.8. The molecule has 10 rings (SSSR count). The average Bonchev–Trinajstić information content (AvgIpc) is 4.14. The van der Waals surface area contributed by atoms with E-state index in [1.54, 1.807) is 55.9 Å². The second-order valence-electron chi connectivity index (χ2n) is 20.2. The number of Topliss-reactive ketones (excluding diaryl/α,β-unsaturated/α-hetero) is 2. The lowest BCUT2D eigenvalue weighted by atomic mass is 9.65. The number of aromatic nitrogens is 2. The number of aromatic amines is 1. The summed E-state index contributed by atoms with van der Waals surface area (Å²) in [6, 6.07) is 17.1. The summed E-state index contributed by atoms with van der Waals surface area (Å²) in [5.41, 5.74) is 5.61. The first-order chi connectivity index (χ1) is 34.4. The molecule has 5 aliphatic rings. The van der Waals surface area contributed by atoms with Gasteiger partial charge in [-0.25, -0.2) is 0 Å². The van der Waals surface area contributed by atoms with Gasteiger partial charge in [0.2, 0.25) is 0 Å². The number of aromatic hydroxyl groups is 2. The summed E-state index contributed by atoms with van der Waals surface area (Å²) in [4.78, 5) is 38.9. The van der Waals surface area contributed by atoms with E-state index in [1.165, 1.54) is 0 Å². The zero-order valence-corrected chi connectivity index (χ0v) is 40.0. The molecule has 0 amide bonds. The maximum absolute atomic E-state index is 16.0. The molecule has 0 radical (unpaired) electrons. The lowest BCUT2D eigenvalue weighted by Crippen LogP contribution is -2.41. The number of aliphatic hydroxyl groups excluding tert-OH is 3. The van der Waals surface area contributed by atoms with Crippen LogP contribution in [0.5, 0.6) is 17.2 Å². The van der Waals surface area contributed by atoms with E-state index < -0.39 is 65.7 Å². The normalized spacial score (nSPS) is 26.5. The van der Waals surface area contributed by atoms with Gasteiger partial charge in [0.25, 0.3) is 0 Å². The predicted octanol–water partition coefficient (Wildman–Crippen LogP) is 7.17. The van der Waals surface area contributed by atoms with Gasteiger partial charge in [-0.15, -0.1) is 5.69 Å². The standard InChI is InChI=1S/C58H62N4O9/c1-59-32-38-12-13-47-44-30-48-42(18-23-60-48)46(31-58(70)20-15-34-5-4-8-49(64)41(34)16-21-58)53(44)56(69)43(19-24-63)50(65)14-9-33-25-45(55(68)52(26-33)71-40-6-2-3-7-40)54(67)36-11-10-35(29-51(38)66)39(27-36)28-37-17-22-61-57(37)62-47/h4-5,8,10-11,16-18,21-23,25-27,30,38,40,43,46-47,51,53-54,59,61,63-64,66-68,70H,2-3,6-7,9,14-15,19-20,24,28-29,31-32H2,1H3/q-2. The van der Waals surface area contributed by atoms with Crippen molar-refractivity contribution < 1.29 is 45.0 Å². The fourth-order valence-electron chi connectivity index (χ4n) is 11.7. The van der Waals surface area contributed by atoms with Crippen molar-refractivity contribution in [2.75, 3.05) is 20.2 Å². The molecule has 71 heavy (non-hydrogen) atoms. The summed E-state index contributed by atoms with van der Waals surface area (Å²) < 4.78 is 6.43. The number of hydrogen-bond donors (Lipinski definition) is 8. The molecule has 3 aromatic carbocycles. The third kappa shape index (κ3) is 9.84. The third-order valence-electron chi connectivity index (χ3n) is 15.6. The average molecular weight is 959 g/mol. The number of phenols is 2. The first-order valence-electron chi connectivity index (χ1n) is 25.2. The summed E-state index contributed by atoms with van der Waals surface area (Å²) in [7, 11) is 1.79. The van der Waals surface area contributed by atoms with E-state index in [-0.39, 0.29) is 67.4 Å². The third-order valence-corrected chi connectivity index (χ3v) is 15.6. The van der Waals surface area contributed by atoms with Crippen molar-refractivity contribution in [1.29, 1.82) is 0 Å². The summed E-state index contributed by atoms with van der Waals surface area (Å²) in [5, 5.41) is 78.9. The molecule has 8 N–H and O–H groups in total. The zero-order valence-electron chi connectivity index (χ0n) is 40.0. The molecule has 0 spiro atoms. The second kappa shape index (κ2) is 20.4. The minimum absolute atomic E-state index is 0.0429. The Morgan fingerprint density at radius 1 is 0.930 bits per heavy atom. The van der Waals surface area contributed by atoms with Gasteiger partial charge in [0, 0.05) is 42.7 Å². The number of benzene rings is 3. The fraction of sp³-hybridized carbons (Fsp3) is 0.414. The summed E-state index contributed by atoms with van der Waals surface area (Å²) in [6.07, 6.45) is 11.2. The first-order valence-corrected chi connectivity index (χ1v) is 25.2. The highest BCUT2D eigenvalue weighted by atomic mass is 16.5. The number of carbonyl (C=O) groups excluding carboxylic acids is 2. The van der Waals surface area contributed by atoms with Crippen LogP contribution in [0.3, 0.4) is 0 Å². The topological polar surface area (TPSA) is 221 Å². The molecule has 370 valence electrons. The van der Waals surface area contributed by atoms with Crippen molar-refractivity contribution in [2.24, 2.45) is 17.8 Å². The smallest absolute Gasteiger partial charge is 0.163 e. The Morgan fingerprint density at radius 2 is 1.77 bits per heavy atom. The number of nitrogens with zero attached hydrogens (tertiary/aromatic N) is 2. The number of aryl methyl sites for hydroxylation is 2. The van der Waals surface area contributed by atoms with Crippen LogP contribution in [0.1, 0.15) is 119 Å². The summed E-state index contributed by atoms with van der Waals surface area (Å²) >= 11 is 0. The minimum Gasteiger partial charge on any atom is -0.664 e. The Balaban J connectivity index is 1.16. The predicted molar refractivity (Wildman–Crippen MR) is 269 cm³/mol. The molecule has 13 nitrogen and oxygen atoms in total. The van der Waals surface area contributed by atoms with E-state index in [0.717, 1.165) is 53.5 Å². The molecule has 2 aliphatic heterocycles. The Morgan fingerprint density at radius 3 is 2.59 bits per heavy atom. The van der Waals surface area contributed by atoms with Crippen molar-refractivity contribution in [3.63, 3.8) is 0 Å². The van der Waals surface area contributed by atoms with Crippen LogP contribution in [0.4, 0.5) is 5.82 Å². The molecule has 8 atom stereocenters. The molecular weight excluding hydrogens is 897 g/mol. The molecule has 13 heteroatoms. The van der Waals surface area contributed by atoms with Gasteiger partial charge in [-0.2, -0.15) is 6.20 Å². The van der Waals surface area contributed by atoms with Gasteiger partial charge in [0.05, 0.1) is 29.6 Å². The van der Waals surface area contributed by atoms with E-state index in [2.05, 4.69) is 22.1 Å². The number of ether oxygens (including phenoxy) is 1. The number of nitrogens with one attached hydrogen (secondary N) is 2. The van der Waals surface area contributed by atoms with Crippen molar-refractivity contribution in [3.05, 3.63) is 146 Å². The van der Waals surface area contributed by atoms with Gasteiger partial charge in [0.15, 0.2) is 17.3 Å². The molecule has 1 saturated carbocycles. The summed E-state index contributed by atoms with van der Waals surface area (Å²) in [6.45, 7) is -0.126. The monoisotopic (exact) mass is 958 g/mol. The molecule has 0 saturated heterocycles. The van der Waals surface area contributed by atoms with Gasteiger partial charge >= 0.3 is 0 Å². The lowest BCUT2D eigenvalue weighted by Gasteiger charge is -2.42. The Bertz CT molecular complexity index is 2930. The number of fused-ring (bicyclic) bond motifs is 8. The van der Waals surface area contributed by atoms with E-state index in [9.17, 15) is 35.4 Å². The second-order valence-corrected chi connectivity index (χ2v) is 20.2. The number of ketones is 2. The first kappa shape index (κ1) is 48.2. The van der Waals surface area contributed by atoms with E-state index in [4.69, 9.17) is 15.0 Å². The molecule has 5 aromatic rings. The highest BCUT2D eigenvalue weighted by Crippen LogP contribution is 2.49. The number of carbonyl (C=O) groups is 2. The largest absolute Gasteiger partial charge is 0.664 e. The number of rotatable bonds is 8. The van der Waals surface area contributed by atoms with Crippen LogP contribution in [0.2, 0.25) is 0 Å². The van der Waals surface area contributed by atoms with Crippen LogP contribution in [-0.2, 0) is 35.3 Å². The van der Waals surface area contributed by atoms with E-state index in [1.807, 2.05) is 42.5 Å². The lowest BCUT2D eigenvalue weighted by molar-refractivity contribution is -0.135. The summed E-state index contributed by atoms with van der Waals surface area (Å²) in [5.74, 6) is 2.85. The maximum atomic E-state index is 16.0. The highest BCUT2D eigenvalue weighted by molar-refractivity contribution is 6.05. The number of H-pyrrole nitrogens is 1. The van der Waals surface area contributed by atoms with Crippen LogP contribution in [0.25, 0.3) is 17.5 Å². The van der Waals surface area contributed by atoms with Gasteiger partial charge < -0.3 is 56.0 Å². The van der Waals surface area contributed by atoms with Crippen LogP contribution >= 0.6 is 0 Å². The molecule has 8 unspecified atom stereocenters. The fourth-order valence-corrected chi connectivity index (χ4v) is 11.7. The molecule has 2 aromatic heterocycles. The molecular formula is C58H62N4O9-2. The van der Waals surface area contributed by atoms with Gasteiger partial charge in [-0.3, -0.25) is 9.59 Å². The van der Waals surface area contributed by atoms with Crippen LogP contribution in [0.15, 0.2) is 84.7 Å². The van der Waals surface area contributed by atoms with Crippen molar-refractivity contribution in [2.45, 2.75) is 113 Å². The molecule has 3 aliphatic carbocycles. The SMILES string of the molecule is CNCC1C#CC2[N-]c3[nH]ccc3Cc3cc(ccc3CC1O)C(O)c1cc(cc(OC3CCCC3)c1O)CCC(=O)C(CCO)C(=O)C1C2=Cc2[n-]ccc2C1CC1(O)C=Cc2c(O)cccc2CC1. The van der Waals surface area contributed by atoms with E-state index in [0.29, 0.717) is 53.2 Å². The Labute approximate surface area is 414 Å². The van der Waals surface area contributed by atoms with Gasteiger partial charge in [-0.1, -0.05) is 90.1 Å². The number of hydrogen-bond acceptors (Lipinski definition) is 10. The van der Waals surface area contributed by atoms with Crippen LogP contribution < -0.4 is 15.0 Å². The van der Waals surface area contributed by atoms with Gasteiger partial charge in [0.1, 0.15) is 17.6 Å². The molecule has 1 fully saturated rings. The zero-order chi connectivity index (χ0) is 49.4. The van der Waals surface area contributed by atoms with Crippen molar-refractivity contribution in [1.82, 2.24) is 15.3 Å². The van der Waals surface area contributed by atoms with Gasteiger partial charge in [-0.05, 0) is 141 Å².